The molecular weight excluding hydrogens is 338 g/mol. The van der Waals surface area contributed by atoms with Gasteiger partial charge in [0, 0.05) is 43.5 Å². The summed E-state index contributed by atoms with van der Waals surface area (Å²) in [6.07, 6.45) is 3.61. The molecule has 0 fully saturated rings. The predicted octanol–water partition coefficient (Wildman–Crippen LogP) is 3.54. The van der Waals surface area contributed by atoms with Crippen LogP contribution in [-0.2, 0) is 13.6 Å². The van der Waals surface area contributed by atoms with Gasteiger partial charge in [-0.05, 0) is 31.5 Å². The quantitative estimate of drug-likeness (QED) is 0.653. The number of aromatic nitrogens is 2. The fourth-order valence-electron chi connectivity index (χ4n) is 3.10. The molecule has 3 aromatic rings. The third-order valence-corrected chi connectivity index (χ3v) is 4.56. The van der Waals surface area contributed by atoms with Gasteiger partial charge in [-0.3, -0.25) is 14.3 Å². The van der Waals surface area contributed by atoms with E-state index in [0.29, 0.717) is 23.2 Å². The maximum atomic E-state index is 13.1. The lowest BCUT2D eigenvalue weighted by Crippen LogP contribution is -2.27. The highest BCUT2D eigenvalue weighted by atomic mass is 16.2. The van der Waals surface area contributed by atoms with Crippen molar-refractivity contribution in [2.24, 2.45) is 7.05 Å². The number of amides is 1. The largest absolute Gasteiger partial charge is 0.337 e. The van der Waals surface area contributed by atoms with Crippen LogP contribution in [0.4, 0.5) is 0 Å². The maximum absolute atomic E-state index is 13.1. The third kappa shape index (κ3) is 3.97. The van der Waals surface area contributed by atoms with E-state index in [1.165, 1.54) is 0 Å². The first-order chi connectivity index (χ1) is 12.9. The molecule has 0 saturated heterocycles. The zero-order chi connectivity index (χ0) is 19.6. The third-order valence-electron chi connectivity index (χ3n) is 4.56. The molecule has 2 aromatic carbocycles. The van der Waals surface area contributed by atoms with Crippen LogP contribution in [0.3, 0.4) is 0 Å². The Hall–Kier alpha value is -3.21. The van der Waals surface area contributed by atoms with Crippen LogP contribution in [0.5, 0.6) is 0 Å². The molecule has 5 heteroatoms. The fraction of sp³-hybridized carbons (Fsp3) is 0.227. The molecule has 0 bridgehead atoms. The highest BCUT2D eigenvalue weighted by Gasteiger charge is 2.22. The summed E-state index contributed by atoms with van der Waals surface area (Å²) in [5.74, 6) is -0.317. The number of carbonyl (C=O) groups is 2. The molecule has 0 N–H and O–H groups in total. The van der Waals surface area contributed by atoms with Crippen molar-refractivity contribution in [3.63, 3.8) is 0 Å². The average Bonchev–Trinajstić information content (AvgIpc) is 3.07. The Labute approximate surface area is 159 Å². The molecule has 1 aromatic heterocycles. The molecule has 0 unspecified atom stereocenters. The molecule has 0 aliphatic carbocycles. The average molecular weight is 361 g/mol. The van der Waals surface area contributed by atoms with Crippen molar-refractivity contribution < 1.29 is 9.59 Å². The van der Waals surface area contributed by atoms with Gasteiger partial charge in [-0.2, -0.15) is 5.10 Å². The molecule has 3 rings (SSSR count). The molecule has 1 heterocycles. The SMILES string of the molecule is Cc1ccc(C)c(C(=O)c2ccccc2C(=O)N(C)Cc2cnn(C)c2)c1. The topological polar surface area (TPSA) is 55.2 Å². The molecule has 1 amide bonds. The van der Waals surface area contributed by atoms with E-state index >= 15 is 0 Å². The lowest BCUT2D eigenvalue weighted by molar-refractivity contribution is 0.0780. The summed E-state index contributed by atoms with van der Waals surface area (Å²) < 4.78 is 1.70. The van der Waals surface area contributed by atoms with Gasteiger partial charge in [-0.25, -0.2) is 0 Å². The number of benzene rings is 2. The Balaban J connectivity index is 1.92. The van der Waals surface area contributed by atoms with E-state index in [-0.39, 0.29) is 11.7 Å². The maximum Gasteiger partial charge on any atom is 0.254 e. The highest BCUT2D eigenvalue weighted by Crippen LogP contribution is 2.20. The van der Waals surface area contributed by atoms with Crippen LogP contribution in [0.1, 0.15) is 43.0 Å². The fourth-order valence-corrected chi connectivity index (χ4v) is 3.10. The zero-order valence-corrected chi connectivity index (χ0v) is 16.1. The van der Waals surface area contributed by atoms with Crippen molar-refractivity contribution in [2.75, 3.05) is 7.05 Å². The van der Waals surface area contributed by atoms with E-state index in [1.807, 2.05) is 45.3 Å². The minimum atomic E-state index is -0.187. The molecule has 0 aliphatic rings. The van der Waals surface area contributed by atoms with Gasteiger partial charge in [0.25, 0.3) is 5.91 Å². The molecule has 5 nitrogen and oxygen atoms in total. The molecule has 0 atom stereocenters. The van der Waals surface area contributed by atoms with E-state index in [1.54, 1.807) is 47.1 Å². The minimum Gasteiger partial charge on any atom is -0.337 e. The number of hydrogen-bond donors (Lipinski definition) is 0. The summed E-state index contributed by atoms with van der Waals surface area (Å²) in [5, 5.41) is 4.13. The summed E-state index contributed by atoms with van der Waals surface area (Å²) in [5.41, 5.74) is 4.32. The Bertz CT molecular complexity index is 1000. The predicted molar refractivity (Wildman–Crippen MR) is 105 cm³/mol. The van der Waals surface area contributed by atoms with Crippen LogP contribution in [-0.4, -0.2) is 33.4 Å². The minimum absolute atomic E-state index is 0.130. The number of nitrogens with zero attached hydrogens (tertiary/aromatic N) is 3. The summed E-state index contributed by atoms with van der Waals surface area (Å²) >= 11 is 0. The van der Waals surface area contributed by atoms with Crippen LogP contribution >= 0.6 is 0 Å². The molecule has 0 aliphatic heterocycles. The highest BCUT2D eigenvalue weighted by molar-refractivity contribution is 6.15. The number of ketones is 1. The Morgan fingerprint density at radius 3 is 2.41 bits per heavy atom. The van der Waals surface area contributed by atoms with Crippen molar-refractivity contribution in [3.8, 4) is 0 Å². The van der Waals surface area contributed by atoms with Crippen LogP contribution in [0, 0.1) is 13.8 Å². The van der Waals surface area contributed by atoms with Gasteiger partial charge >= 0.3 is 0 Å². The Morgan fingerprint density at radius 1 is 1.04 bits per heavy atom. The van der Waals surface area contributed by atoms with E-state index in [0.717, 1.165) is 16.7 Å². The lowest BCUT2D eigenvalue weighted by atomic mass is 9.94. The van der Waals surface area contributed by atoms with E-state index < -0.39 is 0 Å². The molecule has 27 heavy (non-hydrogen) atoms. The van der Waals surface area contributed by atoms with Crippen molar-refractivity contribution in [1.82, 2.24) is 14.7 Å². The molecular formula is C22H23N3O2. The van der Waals surface area contributed by atoms with E-state index in [4.69, 9.17) is 0 Å². The Kier molecular flexibility index (Phi) is 5.21. The summed E-state index contributed by atoms with van der Waals surface area (Å²) in [6.45, 7) is 4.29. The first-order valence-corrected chi connectivity index (χ1v) is 8.81. The first kappa shape index (κ1) is 18.6. The van der Waals surface area contributed by atoms with Gasteiger partial charge in [0.2, 0.25) is 0 Å². The second-order valence-electron chi connectivity index (χ2n) is 6.88. The molecule has 0 radical (unpaired) electrons. The van der Waals surface area contributed by atoms with Crippen molar-refractivity contribution in [3.05, 3.63) is 88.2 Å². The standard InChI is InChI=1S/C22H23N3O2/c1-15-9-10-16(2)20(11-15)21(26)18-7-5-6-8-19(18)22(27)24(3)13-17-12-23-25(4)14-17/h5-12,14H,13H2,1-4H3. The van der Waals surface area contributed by atoms with Crippen molar-refractivity contribution in [1.29, 1.82) is 0 Å². The monoisotopic (exact) mass is 361 g/mol. The van der Waals surface area contributed by atoms with Crippen LogP contribution in [0.2, 0.25) is 0 Å². The van der Waals surface area contributed by atoms with E-state index in [9.17, 15) is 9.59 Å². The van der Waals surface area contributed by atoms with Gasteiger partial charge in [0.1, 0.15) is 0 Å². The smallest absolute Gasteiger partial charge is 0.254 e. The van der Waals surface area contributed by atoms with Crippen LogP contribution < -0.4 is 0 Å². The molecule has 0 spiro atoms. The number of carbonyl (C=O) groups excluding carboxylic acids is 2. The van der Waals surface area contributed by atoms with Gasteiger partial charge in [0.15, 0.2) is 5.78 Å². The lowest BCUT2D eigenvalue weighted by Gasteiger charge is -2.18. The van der Waals surface area contributed by atoms with Gasteiger partial charge < -0.3 is 4.90 Å². The second kappa shape index (κ2) is 7.58. The van der Waals surface area contributed by atoms with Crippen molar-refractivity contribution in [2.45, 2.75) is 20.4 Å². The first-order valence-electron chi connectivity index (χ1n) is 8.81. The molecule has 0 saturated carbocycles. The summed E-state index contributed by atoms with van der Waals surface area (Å²) in [6, 6.07) is 12.8. The Morgan fingerprint density at radius 2 is 1.74 bits per heavy atom. The van der Waals surface area contributed by atoms with Crippen LogP contribution in [0.15, 0.2) is 54.9 Å². The van der Waals surface area contributed by atoms with Gasteiger partial charge in [0.05, 0.1) is 11.8 Å². The number of aryl methyl sites for hydroxylation is 3. The summed E-state index contributed by atoms with van der Waals surface area (Å²) in [4.78, 5) is 27.8. The van der Waals surface area contributed by atoms with Crippen LogP contribution in [0.25, 0.3) is 0 Å². The van der Waals surface area contributed by atoms with Gasteiger partial charge in [-0.1, -0.05) is 35.9 Å². The van der Waals surface area contributed by atoms with Crippen molar-refractivity contribution >= 4 is 11.7 Å². The zero-order valence-electron chi connectivity index (χ0n) is 16.1. The normalized spacial score (nSPS) is 10.7. The second-order valence-corrected chi connectivity index (χ2v) is 6.88. The van der Waals surface area contributed by atoms with E-state index in [2.05, 4.69) is 5.10 Å². The molecule has 138 valence electrons. The number of rotatable bonds is 5. The number of hydrogen-bond acceptors (Lipinski definition) is 3. The van der Waals surface area contributed by atoms with Gasteiger partial charge in [-0.15, -0.1) is 0 Å². The summed E-state index contributed by atoms with van der Waals surface area (Å²) in [7, 11) is 3.57.